The number of aromatic nitrogens is 1. The predicted molar refractivity (Wildman–Crippen MR) is 92.0 cm³/mol. The molecule has 4 nitrogen and oxygen atoms in total. The van der Waals surface area contributed by atoms with E-state index in [9.17, 15) is 18.0 Å². The standard InChI is InChI=1S/C17H17ClF3N3O/c1-3-11-6-4-5-7-14(11)23-15(25)10-24(2)16-13(18)8-12(9-22-16)17(19,20)21/h4-9H,3,10H2,1-2H3,(H,23,25). The monoisotopic (exact) mass is 371 g/mol. The number of anilines is 2. The molecule has 2 rings (SSSR count). The van der Waals surface area contributed by atoms with Gasteiger partial charge >= 0.3 is 6.18 Å². The number of hydrogen-bond acceptors (Lipinski definition) is 3. The lowest BCUT2D eigenvalue weighted by Gasteiger charge is -2.20. The Morgan fingerprint density at radius 3 is 2.60 bits per heavy atom. The minimum atomic E-state index is -4.52. The Bertz CT molecular complexity index is 765. The fraction of sp³-hybridized carbons (Fsp3) is 0.294. The molecule has 1 aromatic carbocycles. The van der Waals surface area contributed by atoms with Crippen molar-refractivity contribution in [2.75, 3.05) is 23.8 Å². The number of hydrogen-bond donors (Lipinski definition) is 1. The smallest absolute Gasteiger partial charge is 0.349 e. The van der Waals surface area contributed by atoms with Gasteiger partial charge in [-0.3, -0.25) is 4.79 Å². The summed E-state index contributed by atoms with van der Waals surface area (Å²) in [6.07, 6.45) is -3.06. The number of amides is 1. The first-order valence-electron chi connectivity index (χ1n) is 7.54. The molecule has 0 saturated carbocycles. The molecule has 0 bridgehead atoms. The van der Waals surface area contributed by atoms with Gasteiger partial charge in [-0.2, -0.15) is 13.2 Å². The molecule has 25 heavy (non-hydrogen) atoms. The quantitative estimate of drug-likeness (QED) is 0.847. The van der Waals surface area contributed by atoms with Gasteiger partial charge in [0.25, 0.3) is 0 Å². The van der Waals surface area contributed by atoms with Crippen molar-refractivity contribution in [3.05, 3.63) is 52.7 Å². The molecule has 0 aliphatic carbocycles. The van der Waals surface area contributed by atoms with Crippen LogP contribution in [-0.2, 0) is 17.4 Å². The SMILES string of the molecule is CCc1ccccc1NC(=O)CN(C)c1ncc(C(F)(F)F)cc1Cl. The summed E-state index contributed by atoms with van der Waals surface area (Å²) in [5, 5.41) is 2.62. The Labute approximate surface area is 148 Å². The van der Waals surface area contributed by atoms with Crippen LogP contribution in [0.25, 0.3) is 0 Å². The maximum absolute atomic E-state index is 12.6. The largest absolute Gasteiger partial charge is 0.417 e. The van der Waals surface area contributed by atoms with Crippen LogP contribution in [0.15, 0.2) is 36.5 Å². The molecule has 0 atom stereocenters. The van der Waals surface area contributed by atoms with Crippen LogP contribution >= 0.6 is 11.6 Å². The Kier molecular flexibility index (Phi) is 5.89. The Hall–Kier alpha value is -2.28. The number of halogens is 4. The van der Waals surface area contributed by atoms with E-state index in [0.717, 1.165) is 18.1 Å². The minimum Gasteiger partial charge on any atom is -0.349 e. The maximum Gasteiger partial charge on any atom is 0.417 e. The molecule has 0 radical (unpaired) electrons. The number of benzene rings is 1. The van der Waals surface area contributed by atoms with Crippen molar-refractivity contribution < 1.29 is 18.0 Å². The molecule has 8 heteroatoms. The van der Waals surface area contributed by atoms with Crippen molar-refractivity contribution in [2.24, 2.45) is 0 Å². The number of para-hydroxylation sites is 1. The molecule has 0 aliphatic rings. The number of carbonyl (C=O) groups excluding carboxylic acids is 1. The summed E-state index contributed by atoms with van der Waals surface area (Å²) in [5.41, 5.74) is 0.759. The van der Waals surface area contributed by atoms with E-state index in [1.807, 2.05) is 25.1 Å². The van der Waals surface area contributed by atoms with Crippen LogP contribution in [0.5, 0.6) is 0 Å². The van der Waals surface area contributed by atoms with E-state index in [1.165, 1.54) is 11.9 Å². The summed E-state index contributed by atoms with van der Waals surface area (Å²) in [6, 6.07) is 8.19. The molecule has 1 N–H and O–H groups in total. The van der Waals surface area contributed by atoms with Crippen LogP contribution < -0.4 is 10.2 Å². The average Bonchev–Trinajstić information content (AvgIpc) is 2.54. The number of carbonyl (C=O) groups is 1. The third-order valence-electron chi connectivity index (χ3n) is 3.56. The lowest BCUT2D eigenvalue weighted by molar-refractivity contribution is -0.137. The van der Waals surface area contributed by atoms with Crippen molar-refractivity contribution in [3.63, 3.8) is 0 Å². The highest BCUT2D eigenvalue weighted by Gasteiger charge is 2.32. The molecule has 2 aromatic rings. The van der Waals surface area contributed by atoms with Gasteiger partial charge in [0, 0.05) is 18.9 Å². The fourth-order valence-corrected chi connectivity index (χ4v) is 2.61. The first kappa shape index (κ1) is 19.1. The minimum absolute atomic E-state index is 0.101. The summed E-state index contributed by atoms with van der Waals surface area (Å²) >= 11 is 5.89. The van der Waals surface area contributed by atoms with Crippen molar-refractivity contribution in [3.8, 4) is 0 Å². The van der Waals surface area contributed by atoms with Gasteiger partial charge in [-0.1, -0.05) is 36.7 Å². The molecule has 1 amide bonds. The molecule has 0 aliphatic heterocycles. The Morgan fingerprint density at radius 2 is 2.00 bits per heavy atom. The van der Waals surface area contributed by atoms with Crippen LogP contribution in [0.2, 0.25) is 5.02 Å². The first-order chi connectivity index (χ1) is 11.7. The average molecular weight is 372 g/mol. The number of aryl methyl sites for hydroxylation is 1. The predicted octanol–water partition coefficient (Wildman–Crippen LogP) is 4.39. The second-order valence-corrected chi connectivity index (χ2v) is 5.85. The van der Waals surface area contributed by atoms with Crippen LogP contribution in [-0.4, -0.2) is 24.5 Å². The Morgan fingerprint density at radius 1 is 1.32 bits per heavy atom. The zero-order chi connectivity index (χ0) is 18.6. The molecule has 0 saturated heterocycles. The lowest BCUT2D eigenvalue weighted by atomic mass is 10.1. The third kappa shape index (κ3) is 4.85. The normalized spacial score (nSPS) is 11.3. The third-order valence-corrected chi connectivity index (χ3v) is 3.84. The molecule has 0 fully saturated rings. The number of likely N-dealkylation sites (N-methyl/N-ethyl adjacent to an activating group) is 1. The first-order valence-corrected chi connectivity index (χ1v) is 7.91. The number of alkyl halides is 3. The second kappa shape index (κ2) is 7.74. The summed E-state index contributed by atoms with van der Waals surface area (Å²) in [7, 11) is 1.53. The lowest BCUT2D eigenvalue weighted by Crippen LogP contribution is -2.31. The van der Waals surface area contributed by atoms with Gasteiger partial charge in [-0.25, -0.2) is 4.98 Å². The van der Waals surface area contributed by atoms with Crippen molar-refractivity contribution >= 4 is 29.0 Å². The number of rotatable bonds is 5. The van der Waals surface area contributed by atoms with Gasteiger partial charge in [0.1, 0.15) is 5.82 Å². The van der Waals surface area contributed by atoms with E-state index < -0.39 is 11.7 Å². The van der Waals surface area contributed by atoms with E-state index in [4.69, 9.17) is 11.6 Å². The fourth-order valence-electron chi connectivity index (χ4n) is 2.30. The van der Waals surface area contributed by atoms with E-state index in [0.29, 0.717) is 11.9 Å². The number of pyridine rings is 1. The molecule has 0 spiro atoms. The van der Waals surface area contributed by atoms with Gasteiger partial charge in [-0.05, 0) is 24.1 Å². The highest BCUT2D eigenvalue weighted by atomic mass is 35.5. The molecule has 0 unspecified atom stereocenters. The van der Waals surface area contributed by atoms with Gasteiger partial charge < -0.3 is 10.2 Å². The molecule has 1 aromatic heterocycles. The molecular formula is C17H17ClF3N3O. The van der Waals surface area contributed by atoms with E-state index >= 15 is 0 Å². The zero-order valence-corrected chi connectivity index (χ0v) is 14.4. The van der Waals surface area contributed by atoms with Crippen molar-refractivity contribution in [1.29, 1.82) is 0 Å². The summed E-state index contributed by atoms with van der Waals surface area (Å²) in [5.74, 6) is -0.213. The number of nitrogens with one attached hydrogen (secondary N) is 1. The van der Waals surface area contributed by atoms with Gasteiger partial charge in [0.15, 0.2) is 0 Å². The highest BCUT2D eigenvalue weighted by molar-refractivity contribution is 6.33. The Balaban J connectivity index is 2.09. The van der Waals surface area contributed by atoms with Gasteiger partial charge in [0.05, 0.1) is 17.1 Å². The topological polar surface area (TPSA) is 45.2 Å². The van der Waals surface area contributed by atoms with Crippen LogP contribution in [0, 0.1) is 0 Å². The zero-order valence-electron chi connectivity index (χ0n) is 13.7. The van der Waals surface area contributed by atoms with E-state index in [-0.39, 0.29) is 23.3 Å². The van der Waals surface area contributed by atoms with Gasteiger partial charge in [0.2, 0.25) is 5.91 Å². The molecule has 134 valence electrons. The summed E-state index contributed by atoms with van der Waals surface area (Å²) in [4.78, 5) is 17.3. The summed E-state index contributed by atoms with van der Waals surface area (Å²) < 4.78 is 37.9. The highest BCUT2D eigenvalue weighted by Crippen LogP contribution is 2.33. The van der Waals surface area contributed by atoms with Crippen molar-refractivity contribution in [1.82, 2.24) is 4.98 Å². The number of nitrogens with zero attached hydrogens (tertiary/aromatic N) is 2. The van der Waals surface area contributed by atoms with E-state index in [1.54, 1.807) is 6.07 Å². The van der Waals surface area contributed by atoms with Crippen LogP contribution in [0.3, 0.4) is 0 Å². The van der Waals surface area contributed by atoms with Crippen LogP contribution in [0.1, 0.15) is 18.1 Å². The molecular weight excluding hydrogens is 355 g/mol. The second-order valence-electron chi connectivity index (χ2n) is 5.44. The maximum atomic E-state index is 12.6. The summed E-state index contributed by atoms with van der Waals surface area (Å²) in [6.45, 7) is 1.87. The van der Waals surface area contributed by atoms with Crippen LogP contribution in [0.4, 0.5) is 24.7 Å². The van der Waals surface area contributed by atoms with E-state index in [2.05, 4.69) is 10.3 Å². The van der Waals surface area contributed by atoms with Gasteiger partial charge in [-0.15, -0.1) is 0 Å². The molecule has 1 heterocycles. The van der Waals surface area contributed by atoms with Crippen molar-refractivity contribution in [2.45, 2.75) is 19.5 Å².